The van der Waals surface area contributed by atoms with Gasteiger partial charge in [0.2, 0.25) is 5.75 Å². The standard InChI is InChI=1S/C20H24O6/c1-24-17-12-15(13-18(25-2)20(17)23)4-3-11-26-19(22)10-7-14-5-8-16(21)9-6-14/h5-6,8-9,12-13,21,23H,3-4,7,10-11H2,1-2H3. The van der Waals surface area contributed by atoms with Crippen molar-refractivity contribution in [2.45, 2.75) is 25.7 Å². The Morgan fingerprint density at radius 2 is 1.54 bits per heavy atom. The summed E-state index contributed by atoms with van der Waals surface area (Å²) in [7, 11) is 2.96. The molecule has 0 aliphatic heterocycles. The summed E-state index contributed by atoms with van der Waals surface area (Å²) < 4.78 is 15.5. The number of methoxy groups -OCH3 is 2. The van der Waals surface area contributed by atoms with E-state index in [1.54, 1.807) is 36.4 Å². The van der Waals surface area contributed by atoms with Gasteiger partial charge in [-0.15, -0.1) is 0 Å². The van der Waals surface area contributed by atoms with Gasteiger partial charge in [0.05, 0.1) is 20.8 Å². The molecule has 2 N–H and O–H groups in total. The molecular weight excluding hydrogens is 336 g/mol. The van der Waals surface area contributed by atoms with E-state index >= 15 is 0 Å². The lowest BCUT2D eigenvalue weighted by atomic mass is 10.1. The first-order chi connectivity index (χ1) is 12.5. The molecule has 0 aliphatic carbocycles. The quantitative estimate of drug-likeness (QED) is 0.528. The molecule has 2 aromatic rings. The number of phenols is 2. The van der Waals surface area contributed by atoms with Gasteiger partial charge in [0, 0.05) is 6.42 Å². The fraction of sp³-hybridized carbons (Fsp3) is 0.350. The largest absolute Gasteiger partial charge is 0.508 e. The van der Waals surface area contributed by atoms with Gasteiger partial charge in [-0.3, -0.25) is 4.79 Å². The molecule has 0 saturated heterocycles. The number of aryl methyl sites for hydroxylation is 2. The van der Waals surface area contributed by atoms with Crippen molar-refractivity contribution in [3.63, 3.8) is 0 Å². The van der Waals surface area contributed by atoms with Crippen molar-refractivity contribution in [2.24, 2.45) is 0 Å². The van der Waals surface area contributed by atoms with E-state index in [4.69, 9.17) is 14.2 Å². The summed E-state index contributed by atoms with van der Waals surface area (Å²) in [5, 5.41) is 19.1. The maximum atomic E-state index is 11.8. The number of hydrogen-bond donors (Lipinski definition) is 2. The van der Waals surface area contributed by atoms with Crippen LogP contribution in [-0.4, -0.2) is 37.0 Å². The second-order valence-electron chi connectivity index (χ2n) is 5.84. The van der Waals surface area contributed by atoms with Gasteiger partial charge in [-0.05, 0) is 54.7 Å². The maximum absolute atomic E-state index is 11.8. The van der Waals surface area contributed by atoms with E-state index in [1.165, 1.54) is 14.2 Å². The fourth-order valence-corrected chi connectivity index (χ4v) is 2.54. The third-order valence-corrected chi connectivity index (χ3v) is 3.97. The van der Waals surface area contributed by atoms with Gasteiger partial charge in [-0.1, -0.05) is 12.1 Å². The molecule has 0 unspecified atom stereocenters. The van der Waals surface area contributed by atoms with E-state index in [9.17, 15) is 15.0 Å². The van der Waals surface area contributed by atoms with Crippen LogP contribution in [0.1, 0.15) is 24.0 Å². The number of benzene rings is 2. The third kappa shape index (κ3) is 5.58. The Morgan fingerprint density at radius 1 is 0.923 bits per heavy atom. The predicted molar refractivity (Wildman–Crippen MR) is 96.9 cm³/mol. The van der Waals surface area contributed by atoms with Crippen molar-refractivity contribution in [3.05, 3.63) is 47.5 Å². The number of aromatic hydroxyl groups is 2. The molecule has 0 radical (unpaired) electrons. The van der Waals surface area contributed by atoms with E-state index in [0.29, 0.717) is 43.8 Å². The van der Waals surface area contributed by atoms with Crippen LogP contribution >= 0.6 is 0 Å². The molecule has 6 nitrogen and oxygen atoms in total. The molecule has 26 heavy (non-hydrogen) atoms. The van der Waals surface area contributed by atoms with Crippen LogP contribution in [0.15, 0.2) is 36.4 Å². The minimum absolute atomic E-state index is 0.0283. The zero-order valence-electron chi connectivity index (χ0n) is 15.0. The molecule has 0 spiro atoms. The number of ether oxygens (including phenoxy) is 3. The lowest BCUT2D eigenvalue weighted by Crippen LogP contribution is -2.07. The number of esters is 1. The Labute approximate surface area is 152 Å². The number of carbonyl (C=O) groups excluding carboxylic acids is 1. The molecule has 140 valence electrons. The highest BCUT2D eigenvalue weighted by Crippen LogP contribution is 2.37. The van der Waals surface area contributed by atoms with Gasteiger partial charge >= 0.3 is 5.97 Å². The van der Waals surface area contributed by atoms with Crippen molar-refractivity contribution in [2.75, 3.05) is 20.8 Å². The Hall–Kier alpha value is -2.89. The number of rotatable bonds is 9. The van der Waals surface area contributed by atoms with E-state index in [0.717, 1.165) is 11.1 Å². The molecule has 0 fully saturated rings. The van der Waals surface area contributed by atoms with E-state index in [2.05, 4.69) is 0 Å². The summed E-state index contributed by atoms with van der Waals surface area (Å²) in [4.78, 5) is 11.8. The van der Waals surface area contributed by atoms with Crippen LogP contribution in [0.2, 0.25) is 0 Å². The second-order valence-corrected chi connectivity index (χ2v) is 5.84. The summed E-state index contributed by atoms with van der Waals surface area (Å²) in [6.07, 6.45) is 2.19. The Kier molecular flexibility index (Phi) is 7.14. The average molecular weight is 360 g/mol. The third-order valence-electron chi connectivity index (χ3n) is 3.97. The zero-order valence-corrected chi connectivity index (χ0v) is 15.0. The highest BCUT2D eigenvalue weighted by Gasteiger charge is 2.11. The fourth-order valence-electron chi connectivity index (χ4n) is 2.54. The first-order valence-electron chi connectivity index (χ1n) is 8.41. The Morgan fingerprint density at radius 3 is 2.12 bits per heavy atom. The first-order valence-corrected chi connectivity index (χ1v) is 8.41. The maximum Gasteiger partial charge on any atom is 0.306 e. The SMILES string of the molecule is COc1cc(CCCOC(=O)CCc2ccc(O)cc2)cc(OC)c1O. The molecule has 0 aromatic heterocycles. The second kappa shape index (κ2) is 9.56. The van der Waals surface area contributed by atoms with Crippen LogP contribution in [0.3, 0.4) is 0 Å². The van der Waals surface area contributed by atoms with Crippen molar-refractivity contribution in [3.8, 4) is 23.0 Å². The summed E-state index contributed by atoms with van der Waals surface area (Å²) in [5.41, 5.74) is 1.90. The number of phenolic OH excluding ortho intramolecular Hbond substituents is 2. The minimum atomic E-state index is -0.251. The van der Waals surface area contributed by atoms with Gasteiger partial charge in [-0.25, -0.2) is 0 Å². The molecule has 2 aromatic carbocycles. The topological polar surface area (TPSA) is 85.2 Å². The predicted octanol–water partition coefficient (Wildman–Crippen LogP) is 3.22. The molecule has 0 saturated carbocycles. The van der Waals surface area contributed by atoms with Gasteiger partial charge in [0.25, 0.3) is 0 Å². The summed E-state index contributed by atoms with van der Waals surface area (Å²) in [6, 6.07) is 10.2. The molecule has 2 rings (SSSR count). The van der Waals surface area contributed by atoms with E-state index in [1.807, 2.05) is 0 Å². The van der Waals surface area contributed by atoms with Gasteiger partial charge in [0.15, 0.2) is 11.5 Å². The van der Waals surface area contributed by atoms with Crippen LogP contribution in [-0.2, 0) is 22.4 Å². The summed E-state index contributed by atoms with van der Waals surface area (Å²) >= 11 is 0. The highest BCUT2D eigenvalue weighted by molar-refractivity contribution is 5.69. The van der Waals surface area contributed by atoms with Crippen molar-refractivity contribution >= 4 is 5.97 Å². The molecule has 6 heteroatoms. The Balaban J connectivity index is 1.74. The van der Waals surface area contributed by atoms with Crippen LogP contribution in [0.5, 0.6) is 23.0 Å². The van der Waals surface area contributed by atoms with Crippen molar-refractivity contribution in [1.29, 1.82) is 0 Å². The van der Waals surface area contributed by atoms with Gasteiger partial charge in [-0.2, -0.15) is 0 Å². The average Bonchev–Trinajstić information content (AvgIpc) is 2.65. The van der Waals surface area contributed by atoms with Gasteiger partial charge < -0.3 is 24.4 Å². The van der Waals surface area contributed by atoms with Crippen molar-refractivity contribution in [1.82, 2.24) is 0 Å². The molecular formula is C20H24O6. The van der Waals surface area contributed by atoms with Gasteiger partial charge in [0.1, 0.15) is 5.75 Å². The molecule has 0 atom stereocenters. The lowest BCUT2D eigenvalue weighted by molar-refractivity contribution is -0.143. The molecule has 0 aliphatic rings. The lowest BCUT2D eigenvalue weighted by Gasteiger charge is -2.11. The van der Waals surface area contributed by atoms with E-state index < -0.39 is 0 Å². The normalized spacial score (nSPS) is 10.4. The highest BCUT2D eigenvalue weighted by atomic mass is 16.5. The minimum Gasteiger partial charge on any atom is -0.508 e. The molecule has 0 amide bonds. The summed E-state index contributed by atoms with van der Waals surface area (Å²) in [6.45, 7) is 0.319. The smallest absolute Gasteiger partial charge is 0.306 e. The van der Waals surface area contributed by atoms with E-state index in [-0.39, 0.29) is 17.5 Å². The first kappa shape index (κ1) is 19.4. The van der Waals surface area contributed by atoms with Crippen molar-refractivity contribution < 1.29 is 29.2 Å². The van der Waals surface area contributed by atoms with Crippen LogP contribution in [0.25, 0.3) is 0 Å². The molecule has 0 bridgehead atoms. The van der Waals surface area contributed by atoms with Crippen LogP contribution in [0, 0.1) is 0 Å². The zero-order chi connectivity index (χ0) is 18.9. The monoisotopic (exact) mass is 360 g/mol. The Bertz CT molecular complexity index is 699. The number of carbonyl (C=O) groups is 1. The molecule has 0 heterocycles. The summed E-state index contributed by atoms with van der Waals surface area (Å²) in [5.74, 6) is 0.632. The van der Waals surface area contributed by atoms with Crippen LogP contribution < -0.4 is 9.47 Å². The number of hydrogen-bond acceptors (Lipinski definition) is 6. The van der Waals surface area contributed by atoms with Crippen LogP contribution in [0.4, 0.5) is 0 Å².